The molecule has 0 heterocycles. The summed E-state index contributed by atoms with van der Waals surface area (Å²) in [7, 11) is 0. The molecule has 76 valence electrons. The minimum absolute atomic E-state index is 0.118. The normalized spacial score (nSPS) is 14.9. The van der Waals surface area contributed by atoms with Crippen molar-refractivity contribution in [3.63, 3.8) is 0 Å². The summed E-state index contributed by atoms with van der Waals surface area (Å²) in [5.74, 6) is -0.312. The van der Waals surface area contributed by atoms with Crippen LogP contribution in [0.25, 0.3) is 0 Å². The maximum Gasteiger partial charge on any atom is 0.189 e. The van der Waals surface area contributed by atoms with Gasteiger partial charge in [-0.1, -0.05) is 24.3 Å². The number of allylic oxidation sites excluding steroid dienone is 1. The van der Waals surface area contributed by atoms with Crippen LogP contribution in [-0.2, 0) is 0 Å². The largest absolute Gasteiger partial charge is 0.396 e. The molecule has 0 saturated carbocycles. The van der Waals surface area contributed by atoms with E-state index < -0.39 is 0 Å². The van der Waals surface area contributed by atoms with Crippen LogP contribution in [0.15, 0.2) is 35.9 Å². The Hall–Kier alpha value is -1.74. The average Bonchev–Trinajstić information content (AvgIpc) is 2.26. The van der Waals surface area contributed by atoms with Crippen molar-refractivity contribution in [2.24, 2.45) is 0 Å². The van der Waals surface area contributed by atoms with E-state index in [0.29, 0.717) is 16.7 Å². The van der Waals surface area contributed by atoms with Crippen molar-refractivity contribution in [2.45, 2.75) is 6.42 Å². The van der Waals surface area contributed by atoms with Crippen LogP contribution in [0.2, 0.25) is 0 Å². The van der Waals surface area contributed by atoms with Crippen molar-refractivity contribution in [3.8, 4) is 0 Å². The summed E-state index contributed by atoms with van der Waals surface area (Å²) in [5, 5.41) is 8.77. The summed E-state index contributed by atoms with van der Waals surface area (Å²) >= 11 is 0. The van der Waals surface area contributed by atoms with Gasteiger partial charge in [0.25, 0.3) is 0 Å². The molecule has 0 saturated heterocycles. The Balaban J connectivity index is 2.49. The van der Waals surface area contributed by atoms with E-state index in [0.717, 1.165) is 0 Å². The van der Waals surface area contributed by atoms with Crippen molar-refractivity contribution in [3.05, 3.63) is 47.0 Å². The molecule has 0 aromatic heterocycles. The van der Waals surface area contributed by atoms with Gasteiger partial charge in [0.15, 0.2) is 11.6 Å². The molecule has 0 spiro atoms. The number of ketones is 2. The van der Waals surface area contributed by atoms with Gasteiger partial charge in [-0.2, -0.15) is 0 Å². The first-order chi connectivity index (χ1) is 7.24. The molecule has 1 N–H and O–H groups in total. The smallest absolute Gasteiger partial charge is 0.189 e. The number of carbonyl (C=O) groups excluding carboxylic acids is 2. The molecule has 0 atom stereocenters. The summed E-state index contributed by atoms with van der Waals surface area (Å²) in [6, 6.07) is 6.74. The number of rotatable bonds is 2. The van der Waals surface area contributed by atoms with Gasteiger partial charge in [-0.15, -0.1) is 0 Å². The first-order valence-electron chi connectivity index (χ1n) is 4.73. The van der Waals surface area contributed by atoms with E-state index in [1.807, 2.05) is 0 Å². The molecular formula is C12H10O3. The molecule has 1 aliphatic rings. The molecule has 0 fully saturated rings. The minimum atomic E-state index is -0.159. The average molecular weight is 202 g/mol. The standard InChI is InChI=1S/C12H10O3/c13-6-5-8-7-11(14)9-3-1-2-4-10(9)12(8)15/h1-4,7,13H,5-6H2. The number of aliphatic hydroxyl groups is 1. The van der Waals surface area contributed by atoms with Gasteiger partial charge in [0.2, 0.25) is 0 Å². The van der Waals surface area contributed by atoms with Crippen molar-refractivity contribution in [2.75, 3.05) is 6.61 Å². The molecule has 3 nitrogen and oxygen atoms in total. The monoisotopic (exact) mass is 202 g/mol. The molecule has 2 rings (SSSR count). The Morgan fingerprint density at radius 3 is 2.40 bits per heavy atom. The van der Waals surface area contributed by atoms with E-state index >= 15 is 0 Å². The molecule has 3 heteroatoms. The fourth-order valence-electron chi connectivity index (χ4n) is 1.68. The molecule has 1 aromatic rings. The highest BCUT2D eigenvalue weighted by Crippen LogP contribution is 2.22. The van der Waals surface area contributed by atoms with Crippen LogP contribution in [0.5, 0.6) is 0 Å². The minimum Gasteiger partial charge on any atom is -0.396 e. The topological polar surface area (TPSA) is 54.4 Å². The van der Waals surface area contributed by atoms with Gasteiger partial charge in [-0.25, -0.2) is 0 Å². The zero-order valence-electron chi connectivity index (χ0n) is 8.06. The van der Waals surface area contributed by atoms with Gasteiger partial charge in [0, 0.05) is 23.3 Å². The third-order valence-electron chi connectivity index (χ3n) is 2.42. The number of hydrogen-bond donors (Lipinski definition) is 1. The van der Waals surface area contributed by atoms with Crippen LogP contribution in [0, 0.1) is 0 Å². The molecule has 0 aliphatic heterocycles. The summed E-state index contributed by atoms with van der Waals surface area (Å²) in [5.41, 5.74) is 1.28. The van der Waals surface area contributed by atoms with Crippen molar-refractivity contribution >= 4 is 11.6 Å². The van der Waals surface area contributed by atoms with E-state index in [1.54, 1.807) is 24.3 Å². The zero-order valence-corrected chi connectivity index (χ0v) is 8.06. The van der Waals surface area contributed by atoms with E-state index in [2.05, 4.69) is 0 Å². The molecule has 0 bridgehead atoms. The summed E-state index contributed by atoms with van der Waals surface area (Å²) in [6.07, 6.45) is 1.56. The first kappa shape index (κ1) is 9.80. The Bertz CT molecular complexity index is 458. The maximum atomic E-state index is 11.8. The first-order valence-corrected chi connectivity index (χ1v) is 4.73. The second kappa shape index (κ2) is 3.79. The SMILES string of the molecule is O=C1C=C(CCO)C(=O)c2ccccc21. The Labute approximate surface area is 87.0 Å². The van der Waals surface area contributed by atoms with Gasteiger partial charge in [-0.05, 0) is 12.5 Å². The maximum absolute atomic E-state index is 11.8. The van der Waals surface area contributed by atoms with Crippen LogP contribution in [0.4, 0.5) is 0 Å². The predicted molar refractivity (Wildman–Crippen MR) is 54.9 cm³/mol. The van der Waals surface area contributed by atoms with E-state index in [9.17, 15) is 9.59 Å². The molecule has 15 heavy (non-hydrogen) atoms. The number of hydrogen-bond acceptors (Lipinski definition) is 3. The van der Waals surface area contributed by atoms with Crippen molar-refractivity contribution < 1.29 is 14.7 Å². The highest BCUT2D eigenvalue weighted by molar-refractivity contribution is 6.24. The quantitative estimate of drug-likeness (QED) is 0.788. The molecule has 1 aliphatic carbocycles. The summed E-state index contributed by atoms with van der Waals surface area (Å²) < 4.78 is 0. The fraction of sp³-hybridized carbons (Fsp3) is 0.167. The molecular weight excluding hydrogens is 192 g/mol. The van der Waals surface area contributed by atoms with Gasteiger partial charge in [-0.3, -0.25) is 9.59 Å². The molecule has 0 amide bonds. The van der Waals surface area contributed by atoms with E-state index in [1.165, 1.54) is 6.08 Å². The van der Waals surface area contributed by atoms with Gasteiger partial charge >= 0.3 is 0 Å². The zero-order chi connectivity index (χ0) is 10.8. The highest BCUT2D eigenvalue weighted by Gasteiger charge is 2.24. The third-order valence-corrected chi connectivity index (χ3v) is 2.42. The van der Waals surface area contributed by atoms with Gasteiger partial charge in [0.05, 0.1) is 0 Å². The van der Waals surface area contributed by atoms with Crippen LogP contribution >= 0.6 is 0 Å². The van der Waals surface area contributed by atoms with Gasteiger partial charge < -0.3 is 5.11 Å². The number of aliphatic hydroxyl groups excluding tert-OH is 1. The van der Waals surface area contributed by atoms with Gasteiger partial charge in [0.1, 0.15) is 0 Å². The Kier molecular flexibility index (Phi) is 2.47. The number of carbonyl (C=O) groups is 2. The summed E-state index contributed by atoms with van der Waals surface area (Å²) in [6.45, 7) is -0.118. The highest BCUT2D eigenvalue weighted by atomic mass is 16.3. The Morgan fingerprint density at radius 1 is 1.07 bits per heavy atom. The Morgan fingerprint density at radius 2 is 1.73 bits per heavy atom. The number of Topliss-reactive ketones (excluding diaryl/α,β-unsaturated/α-hetero) is 1. The lowest BCUT2D eigenvalue weighted by Crippen LogP contribution is -2.17. The number of fused-ring (bicyclic) bond motifs is 1. The molecule has 0 radical (unpaired) electrons. The summed E-state index contributed by atoms with van der Waals surface area (Å²) in [4.78, 5) is 23.4. The second-order valence-electron chi connectivity index (χ2n) is 3.38. The molecule has 0 unspecified atom stereocenters. The third kappa shape index (κ3) is 1.62. The van der Waals surface area contributed by atoms with E-state index in [4.69, 9.17) is 5.11 Å². The van der Waals surface area contributed by atoms with Crippen LogP contribution in [0.1, 0.15) is 27.1 Å². The van der Waals surface area contributed by atoms with Crippen molar-refractivity contribution in [1.29, 1.82) is 0 Å². The van der Waals surface area contributed by atoms with Crippen LogP contribution in [0.3, 0.4) is 0 Å². The van der Waals surface area contributed by atoms with Crippen molar-refractivity contribution in [1.82, 2.24) is 0 Å². The predicted octanol–water partition coefficient (Wildman–Crippen LogP) is 1.37. The van der Waals surface area contributed by atoms with E-state index in [-0.39, 0.29) is 24.6 Å². The second-order valence-corrected chi connectivity index (χ2v) is 3.38. The van der Waals surface area contributed by atoms with Crippen LogP contribution < -0.4 is 0 Å². The lowest BCUT2D eigenvalue weighted by atomic mass is 9.88. The fourth-order valence-corrected chi connectivity index (χ4v) is 1.68. The lowest BCUT2D eigenvalue weighted by molar-refractivity contribution is 0.0978. The number of benzene rings is 1. The van der Waals surface area contributed by atoms with Crippen LogP contribution in [-0.4, -0.2) is 23.3 Å². The lowest BCUT2D eigenvalue weighted by Gasteiger charge is -2.13. The molecule has 1 aromatic carbocycles.